The van der Waals surface area contributed by atoms with Gasteiger partial charge in [-0.15, -0.1) is 0 Å². The van der Waals surface area contributed by atoms with Crippen molar-refractivity contribution in [2.75, 3.05) is 6.54 Å². The van der Waals surface area contributed by atoms with Crippen LogP contribution in [0.4, 0.5) is 0 Å². The van der Waals surface area contributed by atoms with E-state index in [1.807, 2.05) is 0 Å². The molecule has 0 heterocycles. The lowest BCUT2D eigenvalue weighted by Crippen LogP contribution is -2.36. The predicted molar refractivity (Wildman–Crippen MR) is 76.2 cm³/mol. The fraction of sp³-hybridized carbons (Fsp3) is 0.625. The summed E-state index contributed by atoms with van der Waals surface area (Å²) in [4.78, 5) is 0. The van der Waals surface area contributed by atoms with E-state index in [-0.39, 0.29) is 0 Å². The molecule has 1 heteroatoms. The van der Waals surface area contributed by atoms with Gasteiger partial charge in [0.25, 0.3) is 0 Å². The molecule has 0 aliphatic carbocycles. The predicted octanol–water partition coefficient (Wildman–Crippen LogP) is 3.89. The minimum Gasteiger partial charge on any atom is -0.314 e. The summed E-state index contributed by atoms with van der Waals surface area (Å²) in [5.74, 6) is 0.673. The summed E-state index contributed by atoms with van der Waals surface area (Å²) in [6.07, 6.45) is 1.16. The molecule has 0 amide bonds. The van der Waals surface area contributed by atoms with Crippen molar-refractivity contribution in [3.8, 4) is 0 Å². The first-order valence-corrected chi connectivity index (χ1v) is 6.67. The molecule has 0 aliphatic heterocycles. The fourth-order valence-electron chi connectivity index (χ4n) is 1.96. The molecule has 0 saturated heterocycles. The van der Waals surface area contributed by atoms with Gasteiger partial charge in [0.15, 0.2) is 0 Å². The fourth-order valence-corrected chi connectivity index (χ4v) is 1.96. The molecule has 0 aliphatic rings. The molecule has 1 N–H and O–H groups in total. The zero-order valence-corrected chi connectivity index (χ0v) is 12.0. The molecule has 17 heavy (non-hydrogen) atoms. The summed E-state index contributed by atoms with van der Waals surface area (Å²) in [6, 6.07) is 11.4. The third kappa shape index (κ3) is 5.36. The Labute approximate surface area is 107 Å². The van der Waals surface area contributed by atoms with Crippen molar-refractivity contribution in [1.29, 1.82) is 0 Å². The maximum atomic E-state index is 3.57. The normalized spacial score (nSPS) is 14.0. The molecule has 0 bridgehead atoms. The Balaban J connectivity index is 2.64. The maximum absolute atomic E-state index is 3.57. The number of benzene rings is 1. The highest BCUT2D eigenvalue weighted by molar-refractivity contribution is 5.15. The molecule has 1 aromatic carbocycles. The molecule has 0 saturated carbocycles. The molecule has 1 atom stereocenters. The Kier molecular flexibility index (Phi) is 5.20. The summed E-state index contributed by atoms with van der Waals surface area (Å²) in [5.41, 5.74) is 1.79. The van der Waals surface area contributed by atoms with Gasteiger partial charge in [0.1, 0.15) is 0 Å². The number of hydrogen-bond acceptors (Lipinski definition) is 1. The molecule has 0 radical (unpaired) electrons. The van der Waals surface area contributed by atoms with Crippen LogP contribution in [0, 0.1) is 11.3 Å². The average Bonchev–Trinajstić information content (AvgIpc) is 2.23. The maximum Gasteiger partial charge on any atom is 0.00104 e. The molecule has 1 aromatic rings. The SMILES string of the molecule is CC(C)NCC(Cc1ccccc1)C(C)(C)C. The van der Waals surface area contributed by atoms with E-state index in [0.717, 1.165) is 13.0 Å². The second kappa shape index (κ2) is 6.20. The third-order valence-corrected chi connectivity index (χ3v) is 3.32. The van der Waals surface area contributed by atoms with Crippen LogP contribution in [0.1, 0.15) is 40.2 Å². The van der Waals surface area contributed by atoms with Gasteiger partial charge in [0.05, 0.1) is 0 Å². The van der Waals surface area contributed by atoms with E-state index in [1.165, 1.54) is 5.56 Å². The lowest BCUT2D eigenvalue weighted by Gasteiger charge is -2.32. The Morgan fingerprint density at radius 3 is 2.12 bits per heavy atom. The summed E-state index contributed by atoms with van der Waals surface area (Å²) in [7, 11) is 0. The van der Waals surface area contributed by atoms with Crippen molar-refractivity contribution in [3.05, 3.63) is 35.9 Å². The van der Waals surface area contributed by atoms with Gasteiger partial charge in [-0.2, -0.15) is 0 Å². The van der Waals surface area contributed by atoms with Crippen LogP contribution < -0.4 is 5.32 Å². The highest BCUT2D eigenvalue weighted by Crippen LogP contribution is 2.28. The van der Waals surface area contributed by atoms with E-state index >= 15 is 0 Å². The lowest BCUT2D eigenvalue weighted by molar-refractivity contribution is 0.226. The van der Waals surface area contributed by atoms with Gasteiger partial charge < -0.3 is 5.32 Å². The average molecular weight is 233 g/mol. The van der Waals surface area contributed by atoms with Gasteiger partial charge in [-0.1, -0.05) is 65.0 Å². The second-order valence-corrected chi connectivity index (χ2v) is 6.32. The van der Waals surface area contributed by atoms with Gasteiger partial charge in [-0.3, -0.25) is 0 Å². The van der Waals surface area contributed by atoms with Gasteiger partial charge in [-0.05, 0) is 29.9 Å². The van der Waals surface area contributed by atoms with E-state index in [4.69, 9.17) is 0 Å². The minimum absolute atomic E-state index is 0.345. The molecule has 1 unspecified atom stereocenters. The van der Waals surface area contributed by atoms with Gasteiger partial charge >= 0.3 is 0 Å². The smallest absolute Gasteiger partial charge is 0.00104 e. The number of rotatable bonds is 5. The van der Waals surface area contributed by atoms with E-state index < -0.39 is 0 Å². The van der Waals surface area contributed by atoms with Crippen molar-refractivity contribution in [1.82, 2.24) is 5.32 Å². The Bertz CT molecular complexity index is 308. The van der Waals surface area contributed by atoms with Crippen molar-refractivity contribution in [3.63, 3.8) is 0 Å². The Morgan fingerprint density at radius 1 is 1.06 bits per heavy atom. The van der Waals surface area contributed by atoms with Crippen molar-refractivity contribution in [2.45, 2.75) is 47.1 Å². The zero-order valence-electron chi connectivity index (χ0n) is 12.0. The molecule has 0 fully saturated rings. The van der Waals surface area contributed by atoms with E-state index in [2.05, 4.69) is 70.3 Å². The van der Waals surface area contributed by atoms with Crippen LogP contribution >= 0.6 is 0 Å². The first-order valence-electron chi connectivity index (χ1n) is 6.67. The number of nitrogens with one attached hydrogen (secondary N) is 1. The first kappa shape index (κ1) is 14.2. The largest absolute Gasteiger partial charge is 0.314 e. The van der Waals surface area contributed by atoms with Crippen molar-refractivity contribution < 1.29 is 0 Å². The topological polar surface area (TPSA) is 12.0 Å². The molecule has 0 aromatic heterocycles. The monoisotopic (exact) mass is 233 g/mol. The van der Waals surface area contributed by atoms with Crippen LogP contribution in [0.5, 0.6) is 0 Å². The Morgan fingerprint density at radius 2 is 1.65 bits per heavy atom. The molecule has 1 nitrogen and oxygen atoms in total. The molecule has 0 spiro atoms. The van der Waals surface area contributed by atoms with Crippen LogP contribution in [0.3, 0.4) is 0 Å². The standard InChI is InChI=1S/C16H27N/c1-13(2)17-12-15(16(3,4)5)11-14-9-7-6-8-10-14/h6-10,13,15,17H,11-12H2,1-5H3. The van der Waals surface area contributed by atoms with Crippen molar-refractivity contribution >= 4 is 0 Å². The summed E-state index contributed by atoms with van der Waals surface area (Å²) < 4.78 is 0. The van der Waals surface area contributed by atoms with Gasteiger partial charge in [0, 0.05) is 6.04 Å². The van der Waals surface area contributed by atoms with Crippen LogP contribution in [0.25, 0.3) is 0 Å². The summed E-state index contributed by atoms with van der Waals surface area (Å²) >= 11 is 0. The third-order valence-electron chi connectivity index (χ3n) is 3.32. The minimum atomic E-state index is 0.345. The van der Waals surface area contributed by atoms with Gasteiger partial charge in [0.2, 0.25) is 0 Å². The highest BCUT2D eigenvalue weighted by Gasteiger charge is 2.24. The lowest BCUT2D eigenvalue weighted by atomic mass is 9.77. The zero-order chi connectivity index (χ0) is 12.9. The molecular formula is C16H27N. The first-order chi connectivity index (χ1) is 7.89. The van der Waals surface area contributed by atoms with Gasteiger partial charge in [-0.25, -0.2) is 0 Å². The molecule has 1 rings (SSSR count). The molecule has 96 valence electrons. The summed E-state index contributed by atoms with van der Waals surface area (Å²) in [6.45, 7) is 12.5. The second-order valence-electron chi connectivity index (χ2n) is 6.32. The van der Waals surface area contributed by atoms with E-state index in [0.29, 0.717) is 17.4 Å². The highest BCUT2D eigenvalue weighted by atomic mass is 14.9. The Hall–Kier alpha value is -0.820. The molecular weight excluding hydrogens is 206 g/mol. The van der Waals surface area contributed by atoms with E-state index in [9.17, 15) is 0 Å². The van der Waals surface area contributed by atoms with Crippen LogP contribution in [0.15, 0.2) is 30.3 Å². The van der Waals surface area contributed by atoms with Crippen LogP contribution in [-0.2, 0) is 6.42 Å². The van der Waals surface area contributed by atoms with Crippen molar-refractivity contribution in [2.24, 2.45) is 11.3 Å². The summed E-state index contributed by atoms with van der Waals surface area (Å²) in [5, 5.41) is 3.57. The van der Waals surface area contributed by atoms with Crippen LogP contribution in [-0.4, -0.2) is 12.6 Å². The van der Waals surface area contributed by atoms with Crippen LogP contribution in [0.2, 0.25) is 0 Å². The van der Waals surface area contributed by atoms with E-state index in [1.54, 1.807) is 0 Å². The number of hydrogen-bond donors (Lipinski definition) is 1. The quantitative estimate of drug-likeness (QED) is 0.813.